The summed E-state index contributed by atoms with van der Waals surface area (Å²) in [5, 5.41) is 7.53. The zero-order valence-electron chi connectivity index (χ0n) is 17.1. The Morgan fingerprint density at radius 1 is 1.03 bits per heavy atom. The van der Waals surface area contributed by atoms with Crippen LogP contribution in [0.3, 0.4) is 0 Å². The van der Waals surface area contributed by atoms with Gasteiger partial charge in [0, 0.05) is 21.3 Å². The molecule has 1 N–H and O–H groups in total. The highest BCUT2D eigenvalue weighted by Gasteiger charge is 2.43. The zero-order valence-corrected chi connectivity index (χ0v) is 18.7. The Labute approximate surface area is 188 Å². The van der Waals surface area contributed by atoms with Crippen molar-refractivity contribution in [1.29, 1.82) is 0 Å². The molecule has 3 aromatic carbocycles. The standard InChI is InChI=1S/C25H20BrN3O2/c1-15-6-12-19(13-7-15)29-24(17-4-3-5-20(14-17)31-2)21-22(27-28-23(21)25(29)30)16-8-10-18(26)11-9-16/h3-14,24H,1-2H3,(H,27,28)/t24-/m0/s1. The molecular weight excluding hydrogens is 454 g/mol. The summed E-state index contributed by atoms with van der Waals surface area (Å²) in [5.74, 6) is 0.651. The highest BCUT2D eigenvalue weighted by molar-refractivity contribution is 9.10. The van der Waals surface area contributed by atoms with E-state index in [-0.39, 0.29) is 11.9 Å². The Morgan fingerprint density at radius 3 is 2.48 bits per heavy atom. The molecule has 5 rings (SSSR count). The molecule has 5 nitrogen and oxygen atoms in total. The van der Waals surface area contributed by atoms with E-state index in [2.05, 4.69) is 26.1 Å². The van der Waals surface area contributed by atoms with Crippen molar-refractivity contribution in [1.82, 2.24) is 10.2 Å². The van der Waals surface area contributed by atoms with E-state index >= 15 is 0 Å². The van der Waals surface area contributed by atoms with Crippen LogP contribution in [0.25, 0.3) is 11.3 Å². The largest absolute Gasteiger partial charge is 0.497 e. The number of aromatic amines is 1. The summed E-state index contributed by atoms with van der Waals surface area (Å²) in [6.45, 7) is 2.03. The van der Waals surface area contributed by atoms with Gasteiger partial charge >= 0.3 is 0 Å². The molecule has 4 aromatic rings. The number of halogens is 1. The lowest BCUT2D eigenvalue weighted by molar-refractivity contribution is 0.0988. The summed E-state index contributed by atoms with van der Waals surface area (Å²) in [4.78, 5) is 15.4. The fourth-order valence-corrected chi connectivity index (χ4v) is 4.34. The van der Waals surface area contributed by atoms with Crippen LogP contribution in [0.15, 0.2) is 77.3 Å². The minimum Gasteiger partial charge on any atom is -0.497 e. The van der Waals surface area contributed by atoms with Crippen LogP contribution >= 0.6 is 15.9 Å². The van der Waals surface area contributed by atoms with Crippen molar-refractivity contribution in [3.63, 3.8) is 0 Å². The summed E-state index contributed by atoms with van der Waals surface area (Å²) < 4.78 is 6.45. The number of aromatic nitrogens is 2. The number of nitrogens with one attached hydrogen (secondary N) is 1. The Balaban J connectivity index is 1.72. The van der Waals surface area contributed by atoms with E-state index in [9.17, 15) is 4.79 Å². The Morgan fingerprint density at radius 2 is 1.77 bits per heavy atom. The van der Waals surface area contributed by atoms with Gasteiger partial charge in [-0.05, 0) is 48.9 Å². The van der Waals surface area contributed by atoms with Crippen LogP contribution in [-0.2, 0) is 0 Å². The second-order valence-corrected chi connectivity index (χ2v) is 8.47. The quantitative estimate of drug-likeness (QED) is 0.400. The van der Waals surface area contributed by atoms with E-state index in [0.29, 0.717) is 5.69 Å². The summed E-state index contributed by atoms with van der Waals surface area (Å²) in [7, 11) is 1.65. The number of fused-ring (bicyclic) bond motifs is 1. The smallest absolute Gasteiger partial charge is 0.277 e. The molecule has 154 valence electrons. The molecule has 1 aromatic heterocycles. The fourth-order valence-electron chi connectivity index (χ4n) is 4.07. The van der Waals surface area contributed by atoms with E-state index in [1.807, 2.05) is 84.6 Å². The van der Waals surface area contributed by atoms with Crippen LogP contribution in [-0.4, -0.2) is 23.2 Å². The molecule has 0 fully saturated rings. The number of hydrogen-bond donors (Lipinski definition) is 1. The van der Waals surface area contributed by atoms with Crippen molar-refractivity contribution in [3.05, 3.63) is 99.7 Å². The minimum absolute atomic E-state index is 0.0949. The number of amides is 1. The predicted octanol–water partition coefficient (Wildman–Crippen LogP) is 5.91. The number of carbonyl (C=O) groups is 1. The third-order valence-electron chi connectivity index (χ3n) is 5.61. The third kappa shape index (κ3) is 3.33. The first-order valence-corrected chi connectivity index (χ1v) is 10.7. The van der Waals surface area contributed by atoms with Gasteiger partial charge in [-0.15, -0.1) is 0 Å². The van der Waals surface area contributed by atoms with E-state index in [4.69, 9.17) is 4.74 Å². The molecule has 31 heavy (non-hydrogen) atoms. The molecule has 0 aliphatic carbocycles. The average molecular weight is 474 g/mol. The van der Waals surface area contributed by atoms with Gasteiger partial charge in [0.2, 0.25) is 0 Å². The maximum absolute atomic E-state index is 13.5. The van der Waals surface area contributed by atoms with Crippen LogP contribution in [0.2, 0.25) is 0 Å². The van der Waals surface area contributed by atoms with Crippen molar-refractivity contribution < 1.29 is 9.53 Å². The van der Waals surface area contributed by atoms with Gasteiger partial charge in [-0.1, -0.05) is 57.9 Å². The number of benzene rings is 3. The highest BCUT2D eigenvalue weighted by atomic mass is 79.9. The Bertz CT molecular complexity index is 1260. The van der Waals surface area contributed by atoms with Crippen LogP contribution < -0.4 is 9.64 Å². The SMILES string of the molecule is COc1cccc([C@H]2c3c(-c4ccc(Br)cc4)n[nH]c3C(=O)N2c2ccc(C)cc2)c1. The van der Waals surface area contributed by atoms with Gasteiger partial charge in [-0.2, -0.15) is 5.10 Å². The second kappa shape index (κ2) is 7.71. The van der Waals surface area contributed by atoms with Gasteiger partial charge in [-0.25, -0.2) is 0 Å². The molecule has 6 heteroatoms. The lowest BCUT2D eigenvalue weighted by Crippen LogP contribution is -2.29. The Kier molecular flexibility index (Phi) is 4.87. The topological polar surface area (TPSA) is 58.2 Å². The number of aryl methyl sites for hydroxylation is 1. The lowest BCUT2D eigenvalue weighted by Gasteiger charge is -2.27. The zero-order chi connectivity index (χ0) is 21.5. The second-order valence-electron chi connectivity index (χ2n) is 7.56. The number of anilines is 1. The molecule has 1 atom stereocenters. The van der Waals surface area contributed by atoms with Gasteiger partial charge < -0.3 is 4.74 Å². The fraction of sp³-hybridized carbons (Fsp3) is 0.120. The van der Waals surface area contributed by atoms with E-state index < -0.39 is 0 Å². The summed E-state index contributed by atoms with van der Waals surface area (Å²) in [5.41, 5.74) is 6.07. The molecule has 0 saturated heterocycles. The van der Waals surface area contributed by atoms with Crippen LogP contribution in [0, 0.1) is 6.92 Å². The maximum Gasteiger partial charge on any atom is 0.277 e. The first-order chi connectivity index (χ1) is 15.1. The van der Waals surface area contributed by atoms with Crippen molar-refractivity contribution in [2.45, 2.75) is 13.0 Å². The number of methoxy groups -OCH3 is 1. The van der Waals surface area contributed by atoms with E-state index in [0.717, 1.165) is 43.9 Å². The molecule has 1 aliphatic heterocycles. The van der Waals surface area contributed by atoms with Gasteiger partial charge in [0.1, 0.15) is 11.4 Å². The molecule has 0 bridgehead atoms. The molecule has 0 spiro atoms. The normalized spacial score (nSPS) is 15.3. The van der Waals surface area contributed by atoms with Crippen LogP contribution in [0.4, 0.5) is 5.69 Å². The molecular formula is C25H20BrN3O2. The maximum atomic E-state index is 13.5. The monoisotopic (exact) mass is 473 g/mol. The number of nitrogens with zero attached hydrogens (tertiary/aromatic N) is 2. The van der Waals surface area contributed by atoms with Crippen molar-refractivity contribution in [2.75, 3.05) is 12.0 Å². The molecule has 1 aliphatic rings. The van der Waals surface area contributed by atoms with Gasteiger partial charge in [-0.3, -0.25) is 14.8 Å². The van der Waals surface area contributed by atoms with E-state index in [1.165, 1.54) is 0 Å². The van der Waals surface area contributed by atoms with Crippen molar-refractivity contribution >= 4 is 27.5 Å². The number of H-pyrrole nitrogens is 1. The first kappa shape index (κ1) is 19.6. The number of rotatable bonds is 4. The van der Waals surface area contributed by atoms with Crippen molar-refractivity contribution in [3.8, 4) is 17.0 Å². The Hall–Kier alpha value is -3.38. The number of carbonyl (C=O) groups excluding carboxylic acids is 1. The summed E-state index contributed by atoms with van der Waals surface area (Å²) in [6, 6.07) is 23.5. The van der Waals surface area contributed by atoms with Crippen LogP contribution in [0.5, 0.6) is 5.75 Å². The van der Waals surface area contributed by atoms with Gasteiger partial charge in [0.25, 0.3) is 5.91 Å². The van der Waals surface area contributed by atoms with Crippen LogP contribution in [0.1, 0.15) is 33.2 Å². The average Bonchev–Trinajstić information content (AvgIpc) is 3.34. The number of ether oxygens (including phenoxy) is 1. The number of hydrogen-bond acceptors (Lipinski definition) is 3. The minimum atomic E-state index is -0.322. The molecule has 0 unspecified atom stereocenters. The summed E-state index contributed by atoms with van der Waals surface area (Å²) >= 11 is 3.49. The summed E-state index contributed by atoms with van der Waals surface area (Å²) in [6.07, 6.45) is 0. The molecule has 0 radical (unpaired) electrons. The molecule has 1 amide bonds. The molecule has 2 heterocycles. The molecule has 0 saturated carbocycles. The predicted molar refractivity (Wildman–Crippen MR) is 125 cm³/mol. The van der Waals surface area contributed by atoms with E-state index in [1.54, 1.807) is 7.11 Å². The first-order valence-electron chi connectivity index (χ1n) is 9.95. The highest BCUT2D eigenvalue weighted by Crippen LogP contribution is 2.45. The van der Waals surface area contributed by atoms with Gasteiger partial charge in [0.15, 0.2) is 0 Å². The lowest BCUT2D eigenvalue weighted by atomic mass is 9.95. The third-order valence-corrected chi connectivity index (χ3v) is 6.14. The van der Waals surface area contributed by atoms with Gasteiger partial charge in [0.05, 0.1) is 18.8 Å². The van der Waals surface area contributed by atoms with Crippen molar-refractivity contribution in [2.24, 2.45) is 0 Å².